The summed E-state index contributed by atoms with van der Waals surface area (Å²) in [6.45, 7) is 4.01. The molecule has 0 unspecified atom stereocenters. The lowest BCUT2D eigenvalue weighted by molar-refractivity contribution is -0.121. The number of imidazole rings is 1. The molecule has 0 fully saturated rings. The number of fused-ring (bicyclic) bond motifs is 1. The molecule has 7 nitrogen and oxygen atoms in total. The van der Waals surface area contributed by atoms with Crippen molar-refractivity contribution in [3.8, 4) is 5.69 Å². The summed E-state index contributed by atoms with van der Waals surface area (Å²) in [6, 6.07) is 9.95. The van der Waals surface area contributed by atoms with Crippen molar-refractivity contribution in [3.05, 3.63) is 82.7 Å². The zero-order valence-electron chi connectivity index (χ0n) is 17.9. The topological polar surface area (TPSA) is 84.3 Å². The Labute approximate surface area is 184 Å². The van der Waals surface area contributed by atoms with Crippen LogP contribution in [-0.2, 0) is 11.3 Å². The van der Waals surface area contributed by atoms with Crippen LogP contribution in [0.25, 0.3) is 5.69 Å². The first kappa shape index (κ1) is 21.4. The third kappa shape index (κ3) is 4.16. The molecule has 4 rings (SSSR count). The van der Waals surface area contributed by atoms with Crippen LogP contribution in [0.1, 0.15) is 50.5 Å². The summed E-state index contributed by atoms with van der Waals surface area (Å²) >= 11 is 0. The number of nitrogens with zero attached hydrogens (tertiary/aromatic N) is 3. The standard InChI is InChI=1S/C24H23FN4O3/c1-15-5-7-18-19(12-15)24(32)29(23(18)31)10-3-4-22(30)27-14-17-6-8-21(20(25)13-17)28-11-9-26-16(28)2/h5-9,11-13H,3-4,10,14H2,1-2H3,(H,27,30). The second kappa shape index (κ2) is 8.74. The molecule has 1 N–H and O–H groups in total. The number of nitrogens with one attached hydrogen (secondary N) is 1. The molecule has 0 saturated heterocycles. The van der Waals surface area contributed by atoms with Gasteiger partial charge in [0.05, 0.1) is 16.8 Å². The average molecular weight is 434 g/mol. The molecule has 1 aliphatic rings. The fraction of sp³-hybridized carbons (Fsp3) is 0.250. The van der Waals surface area contributed by atoms with Gasteiger partial charge in [-0.1, -0.05) is 17.7 Å². The van der Waals surface area contributed by atoms with E-state index < -0.39 is 5.82 Å². The van der Waals surface area contributed by atoms with Gasteiger partial charge in [-0.3, -0.25) is 19.3 Å². The molecule has 3 amide bonds. The lowest BCUT2D eigenvalue weighted by Crippen LogP contribution is -2.32. The highest BCUT2D eigenvalue weighted by Gasteiger charge is 2.34. The highest BCUT2D eigenvalue weighted by Crippen LogP contribution is 2.24. The van der Waals surface area contributed by atoms with Crippen molar-refractivity contribution in [2.75, 3.05) is 6.54 Å². The lowest BCUT2D eigenvalue weighted by Gasteiger charge is -2.13. The molecule has 2 aromatic carbocycles. The highest BCUT2D eigenvalue weighted by molar-refractivity contribution is 6.21. The van der Waals surface area contributed by atoms with Crippen LogP contribution in [0.15, 0.2) is 48.8 Å². The summed E-state index contributed by atoms with van der Waals surface area (Å²) in [4.78, 5) is 42.4. The van der Waals surface area contributed by atoms with E-state index in [0.29, 0.717) is 34.6 Å². The normalized spacial score (nSPS) is 12.9. The van der Waals surface area contributed by atoms with E-state index in [-0.39, 0.29) is 37.2 Å². The van der Waals surface area contributed by atoms with Gasteiger partial charge in [0.15, 0.2) is 0 Å². The Bertz CT molecular complexity index is 1220. The first-order valence-electron chi connectivity index (χ1n) is 10.4. The van der Waals surface area contributed by atoms with E-state index in [0.717, 1.165) is 5.56 Å². The van der Waals surface area contributed by atoms with Gasteiger partial charge in [0.2, 0.25) is 5.91 Å². The number of aryl methyl sites for hydroxylation is 2. The summed E-state index contributed by atoms with van der Waals surface area (Å²) < 4.78 is 16.1. The Morgan fingerprint density at radius 3 is 2.56 bits per heavy atom. The van der Waals surface area contributed by atoms with Crippen LogP contribution in [0.5, 0.6) is 0 Å². The molecule has 3 aromatic rings. The number of imide groups is 1. The van der Waals surface area contributed by atoms with Crippen LogP contribution in [-0.4, -0.2) is 38.7 Å². The van der Waals surface area contributed by atoms with Crippen molar-refractivity contribution in [1.82, 2.24) is 19.8 Å². The van der Waals surface area contributed by atoms with E-state index >= 15 is 0 Å². The first-order valence-corrected chi connectivity index (χ1v) is 10.4. The number of hydrogen-bond donors (Lipinski definition) is 1. The number of carbonyl (C=O) groups excluding carboxylic acids is 3. The predicted octanol–water partition coefficient (Wildman–Crippen LogP) is 3.32. The van der Waals surface area contributed by atoms with Gasteiger partial charge in [0, 0.05) is 31.9 Å². The number of aromatic nitrogens is 2. The van der Waals surface area contributed by atoms with Crippen molar-refractivity contribution < 1.29 is 18.8 Å². The number of benzene rings is 2. The number of hydrogen-bond acceptors (Lipinski definition) is 4. The highest BCUT2D eigenvalue weighted by atomic mass is 19.1. The Kier molecular flexibility index (Phi) is 5.85. The Balaban J connectivity index is 1.27. The molecule has 0 spiro atoms. The zero-order chi connectivity index (χ0) is 22.8. The van der Waals surface area contributed by atoms with Crippen molar-refractivity contribution in [3.63, 3.8) is 0 Å². The maximum atomic E-state index is 14.5. The molecule has 32 heavy (non-hydrogen) atoms. The molecular formula is C24H23FN4O3. The van der Waals surface area contributed by atoms with E-state index in [4.69, 9.17) is 0 Å². The van der Waals surface area contributed by atoms with Gasteiger partial charge in [-0.05, 0) is 50.1 Å². The van der Waals surface area contributed by atoms with E-state index in [1.54, 1.807) is 54.2 Å². The number of halogens is 1. The predicted molar refractivity (Wildman–Crippen MR) is 116 cm³/mol. The smallest absolute Gasteiger partial charge is 0.261 e. The lowest BCUT2D eigenvalue weighted by atomic mass is 10.1. The zero-order valence-corrected chi connectivity index (χ0v) is 17.9. The third-order valence-electron chi connectivity index (χ3n) is 5.50. The number of amides is 3. The SMILES string of the molecule is Cc1ccc2c(c1)C(=O)N(CCCC(=O)NCc1ccc(-n3ccnc3C)c(F)c1)C2=O. The fourth-order valence-electron chi connectivity index (χ4n) is 3.78. The fourth-order valence-corrected chi connectivity index (χ4v) is 3.78. The summed E-state index contributed by atoms with van der Waals surface area (Å²) in [6.07, 6.45) is 3.79. The van der Waals surface area contributed by atoms with Crippen molar-refractivity contribution in [2.24, 2.45) is 0 Å². The van der Waals surface area contributed by atoms with Crippen LogP contribution in [0.3, 0.4) is 0 Å². The molecule has 2 heterocycles. The van der Waals surface area contributed by atoms with E-state index in [1.807, 2.05) is 6.92 Å². The molecular weight excluding hydrogens is 411 g/mol. The van der Waals surface area contributed by atoms with Gasteiger partial charge in [-0.2, -0.15) is 0 Å². The summed E-state index contributed by atoms with van der Waals surface area (Å²) in [5.41, 5.74) is 2.76. The molecule has 1 aromatic heterocycles. The minimum absolute atomic E-state index is 0.154. The Morgan fingerprint density at radius 1 is 1.06 bits per heavy atom. The third-order valence-corrected chi connectivity index (χ3v) is 5.50. The summed E-state index contributed by atoms with van der Waals surface area (Å²) in [5, 5.41) is 2.75. The van der Waals surface area contributed by atoms with Crippen molar-refractivity contribution >= 4 is 17.7 Å². The van der Waals surface area contributed by atoms with E-state index in [1.165, 1.54) is 11.0 Å². The molecule has 0 radical (unpaired) electrons. The number of rotatable bonds is 7. The van der Waals surface area contributed by atoms with Crippen LogP contribution in [0.4, 0.5) is 4.39 Å². The maximum absolute atomic E-state index is 14.5. The number of carbonyl (C=O) groups is 3. The summed E-state index contributed by atoms with van der Waals surface area (Å²) in [5.74, 6) is -0.601. The maximum Gasteiger partial charge on any atom is 0.261 e. The van der Waals surface area contributed by atoms with Gasteiger partial charge in [-0.25, -0.2) is 9.37 Å². The van der Waals surface area contributed by atoms with E-state index in [9.17, 15) is 18.8 Å². The molecule has 8 heteroatoms. The molecule has 0 bridgehead atoms. The molecule has 1 aliphatic heterocycles. The van der Waals surface area contributed by atoms with Crippen LogP contribution >= 0.6 is 0 Å². The van der Waals surface area contributed by atoms with Gasteiger partial charge in [-0.15, -0.1) is 0 Å². The van der Waals surface area contributed by atoms with E-state index in [2.05, 4.69) is 10.3 Å². The largest absolute Gasteiger partial charge is 0.352 e. The van der Waals surface area contributed by atoms with Gasteiger partial charge in [0.25, 0.3) is 11.8 Å². The van der Waals surface area contributed by atoms with Gasteiger partial charge >= 0.3 is 0 Å². The first-order chi connectivity index (χ1) is 15.3. The van der Waals surface area contributed by atoms with Crippen LogP contribution in [0, 0.1) is 19.7 Å². The van der Waals surface area contributed by atoms with Crippen LogP contribution in [0.2, 0.25) is 0 Å². The average Bonchev–Trinajstić information content (AvgIpc) is 3.28. The second-order valence-electron chi connectivity index (χ2n) is 7.82. The minimum Gasteiger partial charge on any atom is -0.352 e. The quantitative estimate of drug-likeness (QED) is 0.578. The Hall–Kier alpha value is -3.81. The van der Waals surface area contributed by atoms with Gasteiger partial charge in [0.1, 0.15) is 11.6 Å². The molecule has 0 saturated carbocycles. The van der Waals surface area contributed by atoms with Crippen molar-refractivity contribution in [2.45, 2.75) is 33.2 Å². The molecule has 0 atom stereocenters. The molecule has 164 valence electrons. The second-order valence-corrected chi connectivity index (χ2v) is 7.82. The van der Waals surface area contributed by atoms with Gasteiger partial charge < -0.3 is 9.88 Å². The van der Waals surface area contributed by atoms with Crippen molar-refractivity contribution in [1.29, 1.82) is 0 Å². The summed E-state index contributed by atoms with van der Waals surface area (Å²) in [7, 11) is 0. The minimum atomic E-state index is -0.404. The molecule has 0 aliphatic carbocycles. The Morgan fingerprint density at radius 2 is 1.84 bits per heavy atom. The van der Waals surface area contributed by atoms with Crippen LogP contribution < -0.4 is 5.32 Å². The monoisotopic (exact) mass is 434 g/mol.